The van der Waals surface area contributed by atoms with Crippen LogP contribution < -0.4 is 15.4 Å². The average Bonchev–Trinajstić information content (AvgIpc) is 2.90. The summed E-state index contributed by atoms with van der Waals surface area (Å²) in [7, 11) is 0. The van der Waals surface area contributed by atoms with Gasteiger partial charge in [-0.15, -0.1) is 0 Å². The van der Waals surface area contributed by atoms with Gasteiger partial charge in [0, 0.05) is 23.4 Å². The molecule has 0 radical (unpaired) electrons. The molecule has 1 aliphatic heterocycles. The monoisotopic (exact) mass is 589 g/mol. The predicted molar refractivity (Wildman–Crippen MR) is 160 cm³/mol. The fourth-order valence-electron chi connectivity index (χ4n) is 5.84. The maximum absolute atomic E-state index is 14.1. The second-order valence-corrected chi connectivity index (χ2v) is 12.2. The van der Waals surface area contributed by atoms with Crippen molar-refractivity contribution in [2.45, 2.75) is 53.1 Å². The molecule has 0 fully saturated rings. The molecule has 1 atom stereocenters. The minimum absolute atomic E-state index is 0.0476. The second-order valence-electron chi connectivity index (χ2n) is 11.4. The zero-order valence-corrected chi connectivity index (χ0v) is 24.8. The Balaban J connectivity index is 1.68. The number of aryl methyl sites for hydroxylation is 2. The standard InChI is InChI=1S/C33H30Cl2FN3O2/c1-18-11-19(2)22(12-20(18)17-41-29-8-6-5-7-24(29)34)30-23(16-37)32(38)39(21-9-10-26(36)25(35)13-21)27-14-33(3,4)15-28(40)31(27)30/h5-13,30H,14-15,17,38H2,1-4H3. The normalized spacial score (nSPS) is 18.3. The van der Waals surface area contributed by atoms with Gasteiger partial charge < -0.3 is 10.5 Å². The van der Waals surface area contributed by atoms with E-state index in [9.17, 15) is 14.4 Å². The lowest BCUT2D eigenvalue weighted by Crippen LogP contribution is -2.42. The lowest BCUT2D eigenvalue weighted by Gasteiger charge is -2.44. The summed E-state index contributed by atoms with van der Waals surface area (Å²) in [5.41, 5.74) is 12.0. The number of carbonyl (C=O) groups is 1. The van der Waals surface area contributed by atoms with Gasteiger partial charge in [0.1, 0.15) is 24.0 Å². The number of hydrogen-bond acceptors (Lipinski definition) is 5. The molecule has 8 heteroatoms. The van der Waals surface area contributed by atoms with Crippen LogP contribution in [0, 0.1) is 36.4 Å². The van der Waals surface area contributed by atoms with Gasteiger partial charge in [-0.05, 0) is 78.3 Å². The van der Waals surface area contributed by atoms with Crippen molar-refractivity contribution >= 4 is 34.7 Å². The summed E-state index contributed by atoms with van der Waals surface area (Å²) in [6.45, 7) is 8.28. The molecule has 1 unspecified atom stereocenters. The van der Waals surface area contributed by atoms with Crippen molar-refractivity contribution in [3.63, 3.8) is 0 Å². The van der Waals surface area contributed by atoms with Gasteiger partial charge in [-0.25, -0.2) is 4.39 Å². The summed E-state index contributed by atoms with van der Waals surface area (Å²) < 4.78 is 20.1. The third-order valence-corrected chi connectivity index (χ3v) is 8.40. The highest BCUT2D eigenvalue weighted by Crippen LogP contribution is 2.51. The van der Waals surface area contributed by atoms with Crippen LogP contribution in [0.15, 0.2) is 77.3 Å². The largest absolute Gasteiger partial charge is 0.487 e. The van der Waals surface area contributed by atoms with E-state index < -0.39 is 11.7 Å². The zero-order chi connectivity index (χ0) is 29.6. The van der Waals surface area contributed by atoms with E-state index >= 15 is 0 Å². The molecule has 210 valence electrons. The van der Waals surface area contributed by atoms with Gasteiger partial charge in [0.25, 0.3) is 0 Å². The SMILES string of the molecule is Cc1cc(C)c(C2C(C#N)=C(N)N(c3ccc(F)c(Cl)c3)C3=C2C(=O)CC(C)(C)C3)cc1COc1ccccc1Cl. The molecular formula is C33H30Cl2FN3O2. The quantitative estimate of drug-likeness (QED) is 0.324. The Morgan fingerprint density at radius 3 is 2.49 bits per heavy atom. The summed E-state index contributed by atoms with van der Waals surface area (Å²) in [5, 5.41) is 10.9. The molecule has 3 aromatic rings. The van der Waals surface area contributed by atoms with Crippen LogP contribution in [0.1, 0.15) is 54.9 Å². The summed E-state index contributed by atoms with van der Waals surface area (Å²) in [4.78, 5) is 15.6. The first kappa shape index (κ1) is 28.7. The minimum atomic E-state index is -0.662. The molecule has 2 N–H and O–H groups in total. The molecule has 0 bridgehead atoms. The smallest absolute Gasteiger partial charge is 0.162 e. The highest BCUT2D eigenvalue weighted by atomic mass is 35.5. The van der Waals surface area contributed by atoms with E-state index in [0.29, 0.717) is 40.6 Å². The number of ketones is 1. The van der Waals surface area contributed by atoms with Crippen LogP contribution in [-0.2, 0) is 11.4 Å². The Kier molecular flexibility index (Phi) is 7.63. The van der Waals surface area contributed by atoms with Gasteiger partial charge in [-0.2, -0.15) is 5.26 Å². The van der Waals surface area contributed by atoms with E-state index in [1.807, 2.05) is 52.0 Å². The van der Waals surface area contributed by atoms with Crippen LogP contribution >= 0.6 is 23.2 Å². The van der Waals surface area contributed by atoms with E-state index in [2.05, 4.69) is 6.07 Å². The van der Waals surface area contributed by atoms with Crippen LogP contribution in [0.5, 0.6) is 5.75 Å². The van der Waals surface area contributed by atoms with E-state index in [0.717, 1.165) is 22.3 Å². The van der Waals surface area contributed by atoms with Crippen LogP contribution in [0.2, 0.25) is 10.0 Å². The Morgan fingerprint density at radius 1 is 1.07 bits per heavy atom. The van der Waals surface area contributed by atoms with Crippen LogP contribution in [-0.4, -0.2) is 5.78 Å². The molecule has 1 aliphatic carbocycles. The molecule has 0 amide bonds. The average molecular weight is 591 g/mol. The molecule has 5 nitrogen and oxygen atoms in total. The highest BCUT2D eigenvalue weighted by Gasteiger charge is 2.45. The Morgan fingerprint density at radius 2 is 1.80 bits per heavy atom. The Hall–Kier alpha value is -3.79. The van der Waals surface area contributed by atoms with Crippen LogP contribution in [0.4, 0.5) is 10.1 Å². The zero-order valence-electron chi connectivity index (χ0n) is 23.3. The number of nitrogens with two attached hydrogens (primary N) is 1. The fraction of sp³-hybridized carbons (Fsp3) is 0.273. The number of allylic oxidation sites excluding steroid dienone is 3. The summed E-state index contributed by atoms with van der Waals surface area (Å²) in [6, 6.07) is 17.9. The molecule has 0 saturated heterocycles. The molecule has 2 aliphatic rings. The van der Waals surface area contributed by atoms with Gasteiger partial charge >= 0.3 is 0 Å². The van der Waals surface area contributed by atoms with Gasteiger partial charge in [0.05, 0.1) is 27.6 Å². The number of ether oxygens (including phenoxy) is 1. The molecule has 5 rings (SSSR count). The Bertz CT molecular complexity index is 1690. The molecule has 1 heterocycles. The number of benzene rings is 3. The van der Waals surface area contributed by atoms with Gasteiger partial charge in [0.2, 0.25) is 0 Å². The molecular weight excluding hydrogens is 560 g/mol. The summed E-state index contributed by atoms with van der Waals surface area (Å²) in [6.07, 6.45) is 0.860. The number of rotatable bonds is 5. The molecule has 0 saturated carbocycles. The number of anilines is 1. The number of Topliss-reactive ketones (excluding diaryl/α,β-unsaturated/α-hetero) is 1. The third-order valence-electron chi connectivity index (χ3n) is 7.80. The van der Waals surface area contributed by atoms with Crippen molar-refractivity contribution in [1.82, 2.24) is 0 Å². The lowest BCUT2D eigenvalue weighted by atomic mass is 9.68. The molecule has 0 aromatic heterocycles. The first-order chi connectivity index (χ1) is 19.4. The number of nitriles is 1. The van der Waals surface area contributed by atoms with Gasteiger partial charge in [-0.1, -0.05) is 61.3 Å². The molecule has 0 spiro atoms. The van der Waals surface area contributed by atoms with E-state index in [1.165, 1.54) is 12.1 Å². The highest BCUT2D eigenvalue weighted by molar-refractivity contribution is 6.32. The van der Waals surface area contributed by atoms with Crippen molar-refractivity contribution in [3.05, 3.63) is 115 Å². The first-order valence-electron chi connectivity index (χ1n) is 13.3. The summed E-state index contributed by atoms with van der Waals surface area (Å²) >= 11 is 12.4. The van der Waals surface area contributed by atoms with E-state index in [-0.39, 0.29) is 34.2 Å². The number of halogens is 3. The van der Waals surface area contributed by atoms with Crippen LogP contribution in [0.25, 0.3) is 0 Å². The van der Waals surface area contributed by atoms with Crippen molar-refractivity contribution < 1.29 is 13.9 Å². The lowest BCUT2D eigenvalue weighted by molar-refractivity contribution is -0.118. The number of nitrogens with zero attached hydrogens (tertiary/aromatic N) is 2. The number of carbonyl (C=O) groups excluding carboxylic acids is 1. The maximum Gasteiger partial charge on any atom is 0.162 e. The predicted octanol–water partition coefficient (Wildman–Crippen LogP) is 8.27. The van der Waals surface area contributed by atoms with Crippen molar-refractivity contribution in [1.29, 1.82) is 5.26 Å². The summed E-state index contributed by atoms with van der Waals surface area (Å²) in [5.74, 6) is -0.514. The van der Waals surface area contributed by atoms with Crippen molar-refractivity contribution in [2.75, 3.05) is 4.90 Å². The fourth-order valence-corrected chi connectivity index (χ4v) is 6.20. The molecule has 41 heavy (non-hydrogen) atoms. The number of hydrogen-bond donors (Lipinski definition) is 1. The van der Waals surface area contributed by atoms with Crippen molar-refractivity contribution in [2.24, 2.45) is 11.1 Å². The molecule has 3 aromatic carbocycles. The topological polar surface area (TPSA) is 79.4 Å². The van der Waals surface area contributed by atoms with E-state index in [4.69, 9.17) is 33.7 Å². The van der Waals surface area contributed by atoms with Crippen LogP contribution in [0.3, 0.4) is 0 Å². The van der Waals surface area contributed by atoms with Gasteiger partial charge in [-0.3, -0.25) is 9.69 Å². The third kappa shape index (κ3) is 5.32. The van der Waals surface area contributed by atoms with Crippen molar-refractivity contribution in [3.8, 4) is 11.8 Å². The van der Waals surface area contributed by atoms with E-state index in [1.54, 1.807) is 23.1 Å². The second kappa shape index (κ2) is 10.9. The minimum Gasteiger partial charge on any atom is -0.487 e. The van der Waals surface area contributed by atoms with Gasteiger partial charge in [0.15, 0.2) is 5.78 Å². The first-order valence-corrected chi connectivity index (χ1v) is 14.1. The Labute approximate surface area is 249 Å². The maximum atomic E-state index is 14.1. The number of para-hydroxylation sites is 1.